The summed E-state index contributed by atoms with van der Waals surface area (Å²) in [7, 11) is 3.08. The van der Waals surface area contributed by atoms with E-state index in [1.807, 2.05) is 6.07 Å². The number of aromatic nitrogens is 4. The molecule has 3 rings (SSSR count). The number of methoxy groups -OCH3 is 2. The van der Waals surface area contributed by atoms with E-state index >= 15 is 0 Å². The number of H-pyrrole nitrogens is 1. The van der Waals surface area contributed by atoms with Gasteiger partial charge in [-0.2, -0.15) is 5.21 Å². The van der Waals surface area contributed by atoms with Gasteiger partial charge >= 0.3 is 0 Å². The van der Waals surface area contributed by atoms with Gasteiger partial charge in [-0.05, 0) is 42.3 Å². The van der Waals surface area contributed by atoms with Crippen molar-refractivity contribution >= 4 is 11.6 Å². The fourth-order valence-electron chi connectivity index (χ4n) is 2.66. The number of tetrazole rings is 1. The zero-order valence-electron chi connectivity index (χ0n) is 14.8. The second kappa shape index (κ2) is 8.26. The van der Waals surface area contributed by atoms with Crippen LogP contribution in [0.25, 0.3) is 0 Å². The Hall–Kier alpha value is -3.49. The zero-order valence-corrected chi connectivity index (χ0v) is 14.8. The van der Waals surface area contributed by atoms with Crippen LogP contribution in [0.2, 0.25) is 0 Å². The quantitative estimate of drug-likeness (QED) is 0.661. The number of anilines is 1. The van der Waals surface area contributed by atoms with Crippen LogP contribution in [0, 0.1) is 5.82 Å². The second-order valence-corrected chi connectivity index (χ2v) is 5.72. The van der Waals surface area contributed by atoms with Crippen LogP contribution in [-0.2, 0) is 11.2 Å². The Balaban J connectivity index is 1.85. The van der Waals surface area contributed by atoms with Crippen molar-refractivity contribution in [3.05, 3.63) is 59.7 Å². The van der Waals surface area contributed by atoms with Crippen LogP contribution in [0.3, 0.4) is 0 Å². The molecule has 0 fully saturated rings. The molecule has 27 heavy (non-hydrogen) atoms. The third-order valence-electron chi connectivity index (χ3n) is 3.97. The molecule has 1 heterocycles. The van der Waals surface area contributed by atoms with Gasteiger partial charge in [-0.3, -0.25) is 4.79 Å². The molecule has 8 nitrogen and oxygen atoms in total. The molecule has 1 unspecified atom stereocenters. The van der Waals surface area contributed by atoms with Gasteiger partial charge in [-0.15, -0.1) is 10.2 Å². The number of benzene rings is 2. The summed E-state index contributed by atoms with van der Waals surface area (Å²) in [6.07, 6.45) is 0.293. The lowest BCUT2D eigenvalue weighted by molar-refractivity contribution is -0.117. The van der Waals surface area contributed by atoms with E-state index in [1.165, 1.54) is 25.3 Å². The highest BCUT2D eigenvalue weighted by atomic mass is 19.1. The summed E-state index contributed by atoms with van der Waals surface area (Å²) >= 11 is 0. The number of nitrogens with one attached hydrogen (secondary N) is 2. The first-order valence-corrected chi connectivity index (χ1v) is 8.11. The molecule has 1 atom stereocenters. The van der Waals surface area contributed by atoms with E-state index < -0.39 is 11.7 Å². The number of hydrogen-bond donors (Lipinski definition) is 2. The summed E-state index contributed by atoms with van der Waals surface area (Å²) < 4.78 is 23.9. The molecule has 0 saturated carbocycles. The molecule has 0 saturated heterocycles. The monoisotopic (exact) mass is 371 g/mol. The summed E-state index contributed by atoms with van der Waals surface area (Å²) in [5, 5.41) is 16.4. The molecule has 3 aromatic rings. The molecule has 2 N–H and O–H groups in total. The third-order valence-corrected chi connectivity index (χ3v) is 3.97. The third kappa shape index (κ3) is 4.38. The summed E-state index contributed by atoms with van der Waals surface area (Å²) in [5.74, 6) is -0.182. The highest BCUT2D eigenvalue weighted by Crippen LogP contribution is 2.30. The lowest BCUT2D eigenvalue weighted by Gasteiger charge is -2.15. The predicted octanol–water partition coefficient (Wildman–Crippen LogP) is 2.32. The van der Waals surface area contributed by atoms with Crippen LogP contribution in [0.5, 0.6) is 11.5 Å². The van der Waals surface area contributed by atoms with E-state index in [-0.39, 0.29) is 11.7 Å². The van der Waals surface area contributed by atoms with Gasteiger partial charge in [0.05, 0.1) is 14.2 Å². The number of carbonyl (C=O) groups is 1. The molecule has 0 aliphatic rings. The van der Waals surface area contributed by atoms with Crippen molar-refractivity contribution in [1.29, 1.82) is 0 Å². The summed E-state index contributed by atoms with van der Waals surface area (Å²) in [4.78, 5) is 12.8. The molecule has 0 spiro atoms. The van der Waals surface area contributed by atoms with Crippen LogP contribution in [0.1, 0.15) is 17.3 Å². The fourth-order valence-corrected chi connectivity index (χ4v) is 2.66. The van der Waals surface area contributed by atoms with E-state index in [9.17, 15) is 9.18 Å². The van der Waals surface area contributed by atoms with E-state index in [0.29, 0.717) is 23.6 Å². The van der Waals surface area contributed by atoms with Gasteiger partial charge in [0.2, 0.25) is 5.91 Å². The van der Waals surface area contributed by atoms with Crippen LogP contribution >= 0.6 is 0 Å². The van der Waals surface area contributed by atoms with Gasteiger partial charge in [0, 0.05) is 5.69 Å². The molecular weight excluding hydrogens is 353 g/mol. The van der Waals surface area contributed by atoms with Crippen LogP contribution in [-0.4, -0.2) is 40.8 Å². The summed E-state index contributed by atoms with van der Waals surface area (Å²) in [6, 6.07) is 11.0. The van der Waals surface area contributed by atoms with Crippen molar-refractivity contribution in [1.82, 2.24) is 20.6 Å². The largest absolute Gasteiger partial charge is 0.493 e. The molecule has 0 aliphatic carbocycles. The lowest BCUT2D eigenvalue weighted by Crippen LogP contribution is -2.24. The van der Waals surface area contributed by atoms with E-state index in [0.717, 1.165) is 5.56 Å². The number of aromatic amines is 1. The zero-order chi connectivity index (χ0) is 19.2. The minimum Gasteiger partial charge on any atom is -0.493 e. The molecule has 9 heteroatoms. The minimum absolute atomic E-state index is 0.235. The minimum atomic E-state index is -0.731. The van der Waals surface area contributed by atoms with Gasteiger partial charge in [0.25, 0.3) is 0 Å². The summed E-state index contributed by atoms with van der Waals surface area (Å²) in [6.45, 7) is 0. The van der Waals surface area contributed by atoms with Gasteiger partial charge in [0.15, 0.2) is 17.3 Å². The fraction of sp³-hybridized carbons (Fsp3) is 0.222. The average Bonchev–Trinajstić information content (AvgIpc) is 3.20. The Morgan fingerprint density at radius 3 is 2.67 bits per heavy atom. The maximum absolute atomic E-state index is 13.4. The number of carbonyl (C=O) groups excluding carboxylic acids is 1. The number of amides is 1. The molecule has 0 aliphatic heterocycles. The molecule has 2 aromatic carbocycles. The molecular formula is C18H18FN5O3. The van der Waals surface area contributed by atoms with Crippen LogP contribution in [0.4, 0.5) is 10.1 Å². The Kier molecular flexibility index (Phi) is 5.60. The maximum atomic E-state index is 13.4. The first-order valence-electron chi connectivity index (χ1n) is 8.11. The molecule has 1 amide bonds. The number of rotatable bonds is 7. The van der Waals surface area contributed by atoms with Gasteiger partial charge in [0.1, 0.15) is 11.7 Å². The smallest absolute Gasteiger partial charge is 0.235 e. The molecule has 140 valence electrons. The van der Waals surface area contributed by atoms with Gasteiger partial charge in [-0.1, -0.05) is 17.3 Å². The first kappa shape index (κ1) is 18.3. The highest BCUT2D eigenvalue weighted by molar-refractivity contribution is 5.95. The van der Waals surface area contributed by atoms with Crippen molar-refractivity contribution in [2.24, 2.45) is 0 Å². The highest BCUT2D eigenvalue weighted by Gasteiger charge is 2.26. The Bertz CT molecular complexity index is 917. The topological polar surface area (TPSA) is 102 Å². The normalized spacial score (nSPS) is 11.7. The number of ether oxygens (including phenoxy) is 2. The molecule has 0 bridgehead atoms. The van der Waals surface area contributed by atoms with Crippen molar-refractivity contribution in [3.8, 4) is 11.5 Å². The summed E-state index contributed by atoms with van der Waals surface area (Å²) in [5.41, 5.74) is 1.16. The SMILES string of the molecule is COc1ccc(CC(C(=O)Nc2cccc(F)c2)c2nn[nH]n2)cc1OC. The molecule has 0 radical (unpaired) electrons. The van der Waals surface area contributed by atoms with Gasteiger partial charge < -0.3 is 14.8 Å². The number of halogens is 1. The standard InChI is InChI=1S/C18H18FN5O3/c1-26-15-7-6-11(9-16(15)27-2)8-14(17-21-23-24-22-17)18(25)20-13-5-3-4-12(19)10-13/h3-7,9-10,14H,8H2,1-2H3,(H,20,25)(H,21,22,23,24). The van der Waals surface area contributed by atoms with Crippen molar-refractivity contribution in [2.45, 2.75) is 12.3 Å². The first-order chi connectivity index (χ1) is 13.1. The van der Waals surface area contributed by atoms with Crippen molar-refractivity contribution in [3.63, 3.8) is 0 Å². The van der Waals surface area contributed by atoms with E-state index in [4.69, 9.17) is 9.47 Å². The second-order valence-electron chi connectivity index (χ2n) is 5.72. The van der Waals surface area contributed by atoms with E-state index in [2.05, 4.69) is 25.9 Å². The van der Waals surface area contributed by atoms with E-state index in [1.54, 1.807) is 25.3 Å². The Morgan fingerprint density at radius 2 is 2.00 bits per heavy atom. The van der Waals surface area contributed by atoms with Crippen LogP contribution in [0.15, 0.2) is 42.5 Å². The van der Waals surface area contributed by atoms with Crippen LogP contribution < -0.4 is 14.8 Å². The van der Waals surface area contributed by atoms with Crippen molar-refractivity contribution in [2.75, 3.05) is 19.5 Å². The lowest BCUT2D eigenvalue weighted by atomic mass is 9.97. The molecule has 1 aromatic heterocycles. The average molecular weight is 371 g/mol. The predicted molar refractivity (Wildman–Crippen MR) is 95.2 cm³/mol. The van der Waals surface area contributed by atoms with Gasteiger partial charge in [-0.25, -0.2) is 4.39 Å². The number of nitrogens with zero attached hydrogens (tertiary/aromatic N) is 3. The maximum Gasteiger partial charge on any atom is 0.235 e. The number of hydrogen-bond acceptors (Lipinski definition) is 6. The Morgan fingerprint density at radius 1 is 1.19 bits per heavy atom. The van der Waals surface area contributed by atoms with Crippen molar-refractivity contribution < 1.29 is 18.7 Å². The Labute approximate surface area is 154 Å².